The van der Waals surface area contributed by atoms with Crippen LogP contribution in [-0.2, 0) is 37.9 Å². The minimum Gasteiger partial charge on any atom is -0.311 e. The fourth-order valence-corrected chi connectivity index (χ4v) is 14.5. The molecule has 11 rings (SSSR count). The summed E-state index contributed by atoms with van der Waals surface area (Å²) in [5.41, 5.74) is 22.3. The lowest BCUT2D eigenvalue weighted by Gasteiger charge is -2.48. The van der Waals surface area contributed by atoms with Crippen molar-refractivity contribution < 1.29 is 4.11 Å². The summed E-state index contributed by atoms with van der Waals surface area (Å²) in [6.45, 7) is 33.3. The smallest absolute Gasteiger partial charge is 0.252 e. The SMILES string of the molecule is [2H]C([2H])([2H])c1cc2c3c(c1)N(c1cc4c(cc1C)C(C)(C)CC4(C)C)c1cc4c(cc1B3c1ccc(C(C)(C)c3ccccc3)cc1N2c1ccc2c(c1)C(C)(C)CC2(C)C)C(C)(C)CCC4(C)C. The molecule has 6 aromatic rings. The number of aryl methyl sites for hydroxylation is 2. The van der Waals surface area contributed by atoms with E-state index in [4.69, 9.17) is 0 Å². The van der Waals surface area contributed by atoms with Gasteiger partial charge in [-0.3, -0.25) is 0 Å². The molecular weight excluding hydrogens is 796 g/mol. The maximum absolute atomic E-state index is 9.22. The highest BCUT2D eigenvalue weighted by Gasteiger charge is 2.49. The van der Waals surface area contributed by atoms with Crippen LogP contribution in [0.2, 0.25) is 0 Å². The molecule has 0 radical (unpaired) electrons. The molecule has 0 saturated carbocycles. The zero-order valence-corrected chi connectivity index (χ0v) is 42.6. The van der Waals surface area contributed by atoms with Crippen LogP contribution in [0.3, 0.4) is 0 Å². The Labute approximate surface area is 402 Å². The lowest BCUT2D eigenvalue weighted by molar-refractivity contribution is 0.332. The lowest BCUT2D eigenvalue weighted by Crippen LogP contribution is -2.62. The number of rotatable bonds is 4. The van der Waals surface area contributed by atoms with Crippen molar-refractivity contribution in [2.75, 3.05) is 9.80 Å². The van der Waals surface area contributed by atoms with Crippen LogP contribution in [0.5, 0.6) is 0 Å². The zero-order valence-electron chi connectivity index (χ0n) is 45.6. The highest BCUT2D eigenvalue weighted by molar-refractivity contribution is 7.00. The fraction of sp³-hybridized carbons (Fsp3) is 0.429. The van der Waals surface area contributed by atoms with Crippen LogP contribution in [-0.4, -0.2) is 6.71 Å². The molecule has 0 amide bonds. The second-order valence-corrected chi connectivity index (χ2v) is 25.8. The molecule has 3 aliphatic carbocycles. The monoisotopic (exact) mass is 872 g/mol. The summed E-state index contributed by atoms with van der Waals surface area (Å²) in [7, 11) is 0. The third-order valence-corrected chi connectivity index (χ3v) is 17.8. The van der Waals surface area contributed by atoms with Crippen molar-refractivity contribution in [2.24, 2.45) is 0 Å². The number of anilines is 6. The Balaban J connectivity index is 1.28. The van der Waals surface area contributed by atoms with E-state index < -0.39 is 6.85 Å². The summed E-state index contributed by atoms with van der Waals surface area (Å²) in [5, 5.41) is 0. The standard InChI is InChI=1S/C63H73BN2/c1-38-28-54-56-55(29-38)66(51-34-48-44(30-39(51)2)60(9,10)37-62(48,13)14)53-35-47-46(57(3,4)26-27-58(47,5)6)33-50(53)64(56)49-25-22-41(63(15,16)40-20-18-17-19-21-40)31-52(49)65(54)42-23-24-43-45(32-42)61(11,12)36-59(43,7)8/h17-25,28-35H,26-27,36-37H2,1-16H3/i1D3. The Hall–Kier alpha value is -5.02. The summed E-state index contributed by atoms with van der Waals surface area (Å²) in [4.78, 5) is 4.97. The quantitative estimate of drug-likeness (QED) is 0.163. The number of benzene rings is 6. The maximum Gasteiger partial charge on any atom is 0.252 e. The van der Waals surface area contributed by atoms with E-state index in [2.05, 4.69) is 205 Å². The van der Waals surface area contributed by atoms with Crippen molar-refractivity contribution in [3.8, 4) is 0 Å². The molecule has 5 aliphatic rings. The van der Waals surface area contributed by atoms with Gasteiger partial charge in [-0.2, -0.15) is 0 Å². The molecule has 0 atom stereocenters. The first kappa shape index (κ1) is 40.1. The van der Waals surface area contributed by atoms with Crippen molar-refractivity contribution in [1.29, 1.82) is 0 Å². The average Bonchev–Trinajstić information content (AvgIpc) is 3.57. The van der Waals surface area contributed by atoms with Gasteiger partial charge in [0.2, 0.25) is 0 Å². The number of fused-ring (bicyclic) bond motifs is 7. The third kappa shape index (κ3) is 6.12. The van der Waals surface area contributed by atoms with Crippen LogP contribution in [0.1, 0.15) is 182 Å². The van der Waals surface area contributed by atoms with E-state index in [1.165, 1.54) is 72.1 Å². The normalized spacial score (nSPS) is 21.4. The first-order valence-electron chi connectivity index (χ1n) is 26.4. The van der Waals surface area contributed by atoms with Crippen molar-refractivity contribution in [3.63, 3.8) is 0 Å². The first-order valence-corrected chi connectivity index (χ1v) is 24.9. The lowest BCUT2D eigenvalue weighted by atomic mass is 9.33. The van der Waals surface area contributed by atoms with Gasteiger partial charge < -0.3 is 9.80 Å². The molecule has 0 spiro atoms. The number of nitrogens with zero attached hydrogens (tertiary/aromatic N) is 2. The minimum atomic E-state index is -2.36. The van der Waals surface area contributed by atoms with Gasteiger partial charge in [0.25, 0.3) is 6.71 Å². The van der Waals surface area contributed by atoms with Crippen molar-refractivity contribution >= 4 is 57.2 Å². The largest absolute Gasteiger partial charge is 0.311 e. The summed E-state index contributed by atoms with van der Waals surface area (Å²) < 4.78 is 27.7. The molecule has 0 fully saturated rings. The molecule has 0 bridgehead atoms. The second-order valence-electron chi connectivity index (χ2n) is 25.8. The molecule has 6 aromatic carbocycles. The third-order valence-electron chi connectivity index (χ3n) is 17.8. The van der Waals surface area contributed by atoms with E-state index in [1.807, 2.05) is 12.1 Å². The molecule has 2 heterocycles. The van der Waals surface area contributed by atoms with Gasteiger partial charge >= 0.3 is 0 Å². The number of hydrogen-bond acceptors (Lipinski definition) is 2. The molecular formula is C63H73BN2. The number of hydrogen-bond donors (Lipinski definition) is 0. The summed E-state index contributed by atoms with van der Waals surface area (Å²) in [6, 6.07) is 39.4. The van der Waals surface area contributed by atoms with Gasteiger partial charge in [-0.05, 0) is 186 Å². The fourth-order valence-electron chi connectivity index (χ4n) is 14.5. The van der Waals surface area contributed by atoms with Gasteiger partial charge in [-0.15, -0.1) is 0 Å². The van der Waals surface area contributed by atoms with E-state index in [-0.39, 0.29) is 44.6 Å². The van der Waals surface area contributed by atoms with E-state index in [1.54, 1.807) is 0 Å². The second kappa shape index (κ2) is 13.6. The predicted molar refractivity (Wildman–Crippen MR) is 285 cm³/mol. The van der Waals surface area contributed by atoms with Crippen LogP contribution in [0, 0.1) is 13.8 Å². The molecule has 2 aliphatic heterocycles. The highest BCUT2D eigenvalue weighted by Crippen LogP contribution is 2.56. The molecule has 0 N–H and O–H groups in total. The predicted octanol–water partition coefficient (Wildman–Crippen LogP) is 15.0. The van der Waals surface area contributed by atoms with Gasteiger partial charge in [0.1, 0.15) is 0 Å². The first-order chi connectivity index (χ1) is 31.9. The van der Waals surface area contributed by atoms with E-state index >= 15 is 0 Å². The van der Waals surface area contributed by atoms with Gasteiger partial charge in [-0.1, -0.05) is 158 Å². The minimum absolute atomic E-state index is 0.0177. The van der Waals surface area contributed by atoms with Gasteiger partial charge in [0.05, 0.1) is 0 Å². The molecule has 3 heteroatoms. The Morgan fingerprint density at radius 2 is 1.00 bits per heavy atom. The van der Waals surface area contributed by atoms with Gasteiger partial charge in [0.15, 0.2) is 0 Å². The van der Waals surface area contributed by atoms with Crippen molar-refractivity contribution in [2.45, 2.75) is 174 Å². The Kier molecular flexibility index (Phi) is 8.25. The molecule has 0 aromatic heterocycles. The maximum atomic E-state index is 9.22. The van der Waals surface area contributed by atoms with E-state index in [9.17, 15) is 4.11 Å². The summed E-state index contributed by atoms with van der Waals surface area (Å²) in [6.07, 6.45) is 4.36. The summed E-state index contributed by atoms with van der Waals surface area (Å²) in [5.74, 6) is 0. The Morgan fingerprint density at radius 1 is 0.470 bits per heavy atom. The Morgan fingerprint density at radius 3 is 1.64 bits per heavy atom. The molecule has 66 heavy (non-hydrogen) atoms. The topological polar surface area (TPSA) is 6.48 Å². The Bertz CT molecular complexity index is 3160. The molecule has 338 valence electrons. The van der Waals surface area contributed by atoms with Crippen LogP contribution in [0.15, 0.2) is 103 Å². The van der Waals surface area contributed by atoms with Crippen LogP contribution >= 0.6 is 0 Å². The van der Waals surface area contributed by atoms with Crippen LogP contribution < -0.4 is 26.2 Å². The van der Waals surface area contributed by atoms with E-state index in [0.29, 0.717) is 5.56 Å². The van der Waals surface area contributed by atoms with Crippen molar-refractivity contribution in [1.82, 2.24) is 0 Å². The molecule has 0 unspecified atom stereocenters. The summed E-state index contributed by atoms with van der Waals surface area (Å²) >= 11 is 0. The molecule has 0 saturated heterocycles. The zero-order chi connectivity index (χ0) is 49.6. The van der Waals surface area contributed by atoms with E-state index in [0.717, 1.165) is 54.1 Å². The van der Waals surface area contributed by atoms with Crippen LogP contribution in [0.4, 0.5) is 34.1 Å². The average molecular weight is 872 g/mol. The van der Waals surface area contributed by atoms with Gasteiger partial charge in [-0.25, -0.2) is 0 Å². The van der Waals surface area contributed by atoms with Crippen LogP contribution in [0.25, 0.3) is 0 Å². The molecule has 2 nitrogen and oxygen atoms in total. The van der Waals surface area contributed by atoms with Crippen molar-refractivity contribution in [3.05, 3.63) is 159 Å². The van der Waals surface area contributed by atoms with Gasteiger partial charge in [0, 0.05) is 43.7 Å². The highest BCUT2D eigenvalue weighted by atomic mass is 15.2.